The van der Waals surface area contributed by atoms with Crippen molar-refractivity contribution < 1.29 is 0 Å². The predicted molar refractivity (Wildman–Crippen MR) is 64.6 cm³/mol. The Morgan fingerprint density at radius 1 is 1.50 bits per heavy atom. The Kier molecular flexibility index (Phi) is 4.94. The highest BCUT2D eigenvalue weighted by Crippen LogP contribution is 2.19. The number of nitrogens with one attached hydrogen (secondary N) is 1. The lowest BCUT2D eigenvalue weighted by molar-refractivity contribution is 0.426. The first kappa shape index (κ1) is 12.7. The van der Waals surface area contributed by atoms with Crippen molar-refractivity contribution in [3.05, 3.63) is 30.1 Å². The highest BCUT2D eigenvalue weighted by Gasteiger charge is 2.15. The third-order valence-corrected chi connectivity index (χ3v) is 2.51. The summed E-state index contributed by atoms with van der Waals surface area (Å²) in [6.07, 6.45) is 5.61. The number of rotatable bonds is 6. The minimum absolute atomic E-state index is 0.198. The molecule has 0 amide bonds. The smallest absolute Gasteiger partial charge is 0.0683 e. The van der Waals surface area contributed by atoms with Crippen LogP contribution in [0.25, 0.3) is 0 Å². The molecule has 3 heteroatoms. The molecule has 0 radical (unpaired) electrons. The summed E-state index contributed by atoms with van der Waals surface area (Å²) >= 11 is 0. The average molecular weight is 217 g/mol. The Labute approximate surface area is 97.5 Å². The summed E-state index contributed by atoms with van der Waals surface area (Å²) < 4.78 is 0. The quantitative estimate of drug-likeness (QED) is 0.745. The van der Waals surface area contributed by atoms with Crippen LogP contribution in [0.15, 0.2) is 24.5 Å². The van der Waals surface area contributed by atoms with Crippen molar-refractivity contribution in [1.82, 2.24) is 10.3 Å². The fraction of sp³-hybridized carbons (Fsp3) is 0.538. The first-order chi connectivity index (χ1) is 7.64. The number of hydrogen-bond donors (Lipinski definition) is 1. The summed E-state index contributed by atoms with van der Waals surface area (Å²) in [4.78, 5) is 4.05. The number of nitriles is 1. The van der Waals surface area contributed by atoms with Crippen LogP contribution in [0, 0.1) is 16.7 Å². The van der Waals surface area contributed by atoms with Crippen LogP contribution in [0.1, 0.15) is 32.3 Å². The molecule has 1 rings (SSSR count). The minimum atomic E-state index is -0.198. The van der Waals surface area contributed by atoms with Gasteiger partial charge in [0.15, 0.2) is 0 Å². The molecule has 0 aromatic carbocycles. The molecule has 1 N–H and O–H groups in total. The normalized spacial score (nSPS) is 11.1. The molecule has 1 aromatic heterocycles. The summed E-state index contributed by atoms with van der Waals surface area (Å²) in [5, 5.41) is 12.2. The predicted octanol–water partition coefficient (Wildman–Crippen LogP) is 2.50. The van der Waals surface area contributed by atoms with Crippen LogP contribution in [-0.4, -0.2) is 11.5 Å². The van der Waals surface area contributed by atoms with Gasteiger partial charge in [0.2, 0.25) is 0 Å². The molecule has 0 saturated heterocycles. The highest BCUT2D eigenvalue weighted by atomic mass is 14.8. The molecule has 3 nitrogen and oxygen atoms in total. The van der Waals surface area contributed by atoms with Crippen molar-refractivity contribution in [1.29, 1.82) is 5.26 Å². The van der Waals surface area contributed by atoms with Gasteiger partial charge in [0, 0.05) is 18.9 Å². The van der Waals surface area contributed by atoms with E-state index >= 15 is 0 Å². The van der Waals surface area contributed by atoms with Gasteiger partial charge in [0.05, 0.1) is 11.5 Å². The van der Waals surface area contributed by atoms with Crippen LogP contribution < -0.4 is 5.32 Å². The van der Waals surface area contributed by atoms with Gasteiger partial charge in [0.25, 0.3) is 0 Å². The van der Waals surface area contributed by atoms with Gasteiger partial charge < -0.3 is 5.32 Å². The van der Waals surface area contributed by atoms with Crippen LogP contribution in [-0.2, 0) is 6.54 Å². The Balaban J connectivity index is 2.12. The van der Waals surface area contributed by atoms with Crippen LogP contribution >= 0.6 is 0 Å². The molecule has 0 fully saturated rings. The third kappa shape index (κ3) is 4.90. The second-order valence-corrected chi connectivity index (χ2v) is 4.64. The molecule has 0 spiro atoms. The maximum absolute atomic E-state index is 8.85. The van der Waals surface area contributed by atoms with Gasteiger partial charge in [-0.2, -0.15) is 5.26 Å². The van der Waals surface area contributed by atoms with E-state index in [0.717, 1.165) is 25.9 Å². The van der Waals surface area contributed by atoms with Gasteiger partial charge >= 0.3 is 0 Å². The molecule has 0 bridgehead atoms. The van der Waals surface area contributed by atoms with Gasteiger partial charge in [-0.25, -0.2) is 0 Å². The van der Waals surface area contributed by atoms with E-state index in [0.29, 0.717) is 0 Å². The van der Waals surface area contributed by atoms with Gasteiger partial charge in [-0.3, -0.25) is 4.98 Å². The molecule has 86 valence electrons. The first-order valence-electron chi connectivity index (χ1n) is 5.65. The maximum atomic E-state index is 8.85. The number of nitrogens with zero attached hydrogens (tertiary/aromatic N) is 2. The van der Waals surface area contributed by atoms with Crippen LogP contribution in [0.2, 0.25) is 0 Å². The third-order valence-electron chi connectivity index (χ3n) is 2.51. The van der Waals surface area contributed by atoms with E-state index in [1.165, 1.54) is 5.56 Å². The Hall–Kier alpha value is -1.40. The molecule has 0 aliphatic carbocycles. The van der Waals surface area contributed by atoms with Gasteiger partial charge in [0.1, 0.15) is 0 Å². The molecule has 0 unspecified atom stereocenters. The average Bonchev–Trinajstić information content (AvgIpc) is 2.30. The van der Waals surface area contributed by atoms with Crippen LogP contribution in [0.5, 0.6) is 0 Å². The molecule has 16 heavy (non-hydrogen) atoms. The molecular formula is C13H19N3. The molecular weight excluding hydrogens is 198 g/mol. The topological polar surface area (TPSA) is 48.7 Å². The van der Waals surface area contributed by atoms with Crippen molar-refractivity contribution in [2.45, 2.75) is 33.2 Å². The number of aromatic nitrogens is 1. The summed E-state index contributed by atoms with van der Waals surface area (Å²) in [5.74, 6) is 0. The minimum Gasteiger partial charge on any atom is -0.313 e. The van der Waals surface area contributed by atoms with Crippen molar-refractivity contribution >= 4 is 0 Å². The Morgan fingerprint density at radius 2 is 2.31 bits per heavy atom. The summed E-state index contributed by atoms with van der Waals surface area (Å²) in [6, 6.07) is 6.31. The first-order valence-corrected chi connectivity index (χ1v) is 5.65. The summed E-state index contributed by atoms with van der Waals surface area (Å²) in [5.41, 5.74) is 0.998. The number of hydrogen-bond acceptors (Lipinski definition) is 3. The monoisotopic (exact) mass is 217 g/mol. The Bertz CT molecular complexity index is 338. The molecule has 0 aliphatic heterocycles. The van der Waals surface area contributed by atoms with Gasteiger partial charge in [-0.05, 0) is 44.9 Å². The SMILES string of the molecule is CC(C)(C#N)CCCNCc1cccnc1. The zero-order valence-corrected chi connectivity index (χ0v) is 10.0. The van der Waals surface area contributed by atoms with E-state index in [1.807, 2.05) is 26.1 Å². The lowest BCUT2D eigenvalue weighted by atomic mass is 9.90. The van der Waals surface area contributed by atoms with Crippen molar-refractivity contribution in [2.24, 2.45) is 5.41 Å². The zero-order valence-electron chi connectivity index (χ0n) is 10.0. The summed E-state index contributed by atoms with van der Waals surface area (Å²) in [7, 11) is 0. The molecule has 0 aliphatic rings. The van der Waals surface area contributed by atoms with Crippen molar-refractivity contribution in [2.75, 3.05) is 6.54 Å². The number of pyridine rings is 1. The fourth-order valence-corrected chi connectivity index (χ4v) is 1.45. The Morgan fingerprint density at radius 3 is 2.94 bits per heavy atom. The van der Waals surface area contributed by atoms with E-state index in [9.17, 15) is 0 Å². The van der Waals surface area contributed by atoms with Crippen LogP contribution in [0.4, 0.5) is 0 Å². The zero-order chi connectivity index (χ0) is 11.9. The lowest BCUT2D eigenvalue weighted by Crippen LogP contribution is -2.17. The van der Waals surface area contributed by atoms with E-state index in [1.54, 1.807) is 6.20 Å². The second-order valence-electron chi connectivity index (χ2n) is 4.64. The standard InChI is InChI=1S/C13H19N3/c1-13(2,11-14)6-4-8-16-10-12-5-3-7-15-9-12/h3,5,7,9,16H,4,6,8,10H2,1-2H3. The van der Waals surface area contributed by atoms with Gasteiger partial charge in [-0.1, -0.05) is 6.07 Å². The second kappa shape index (κ2) is 6.24. The molecule has 1 heterocycles. The highest BCUT2D eigenvalue weighted by molar-refractivity contribution is 5.07. The van der Waals surface area contributed by atoms with Crippen LogP contribution in [0.3, 0.4) is 0 Å². The largest absolute Gasteiger partial charge is 0.313 e. The van der Waals surface area contributed by atoms with E-state index in [-0.39, 0.29) is 5.41 Å². The van der Waals surface area contributed by atoms with Gasteiger partial charge in [-0.15, -0.1) is 0 Å². The fourth-order valence-electron chi connectivity index (χ4n) is 1.45. The summed E-state index contributed by atoms with van der Waals surface area (Å²) in [6.45, 7) is 5.75. The molecule has 0 atom stereocenters. The lowest BCUT2D eigenvalue weighted by Gasteiger charge is -2.14. The van der Waals surface area contributed by atoms with E-state index < -0.39 is 0 Å². The maximum Gasteiger partial charge on any atom is 0.0683 e. The molecule has 0 saturated carbocycles. The van der Waals surface area contributed by atoms with Crippen molar-refractivity contribution in [3.8, 4) is 6.07 Å². The van der Waals surface area contributed by atoms with E-state index in [2.05, 4.69) is 22.4 Å². The van der Waals surface area contributed by atoms with E-state index in [4.69, 9.17) is 5.26 Å². The molecule has 1 aromatic rings. The van der Waals surface area contributed by atoms with Crippen molar-refractivity contribution in [3.63, 3.8) is 0 Å².